The lowest BCUT2D eigenvalue weighted by Crippen LogP contribution is -2.47. The second-order valence-corrected chi connectivity index (χ2v) is 19.9. The number of nitrogens with zero attached hydrogens (tertiary/aromatic N) is 5. The topological polar surface area (TPSA) is 174 Å². The van der Waals surface area contributed by atoms with Crippen LogP contribution in [-0.2, 0) is 21.4 Å². The molecule has 2 N–H and O–H groups in total. The lowest BCUT2D eigenvalue weighted by molar-refractivity contribution is -0.386. The first-order chi connectivity index (χ1) is 31.7. The van der Waals surface area contributed by atoms with Gasteiger partial charge in [-0.15, -0.1) is 0 Å². The van der Waals surface area contributed by atoms with E-state index in [9.17, 15) is 27.7 Å². The molecule has 3 aromatic carbocycles. The molecule has 1 amide bonds. The summed E-state index contributed by atoms with van der Waals surface area (Å²) in [5, 5.41) is 13.7. The molecule has 2 saturated heterocycles. The van der Waals surface area contributed by atoms with E-state index < -0.39 is 44.2 Å². The summed E-state index contributed by atoms with van der Waals surface area (Å²) in [5.74, 6) is -0.762. The number of ether oxygens (including phenoxy) is 3. The van der Waals surface area contributed by atoms with Crippen LogP contribution in [0.25, 0.3) is 16.6 Å². The highest BCUT2D eigenvalue weighted by Gasteiger charge is 2.34. The number of amides is 1. The van der Waals surface area contributed by atoms with Crippen molar-refractivity contribution >= 4 is 55.5 Å². The van der Waals surface area contributed by atoms with E-state index in [0.717, 1.165) is 67.1 Å². The van der Waals surface area contributed by atoms with Crippen LogP contribution in [0.5, 0.6) is 17.2 Å². The van der Waals surface area contributed by atoms with Crippen LogP contribution in [0.15, 0.2) is 114 Å². The minimum Gasteiger partial charge on any atom is -0.482 e. The average Bonchev–Trinajstić information content (AvgIpc) is 3.96. The Balaban J connectivity index is 0.913. The number of halogens is 2. The number of piperazine rings is 1. The van der Waals surface area contributed by atoms with Crippen molar-refractivity contribution in [3.05, 3.63) is 141 Å². The van der Waals surface area contributed by atoms with Crippen molar-refractivity contribution in [2.24, 2.45) is 5.41 Å². The van der Waals surface area contributed by atoms with E-state index in [4.69, 9.17) is 25.8 Å². The molecule has 2 fully saturated rings. The van der Waals surface area contributed by atoms with Gasteiger partial charge in [0.15, 0.2) is 5.75 Å². The lowest BCUT2D eigenvalue weighted by atomic mass is 9.72. The second kappa shape index (κ2) is 18.5. The number of sulfonamides is 1. The molecule has 66 heavy (non-hydrogen) atoms. The summed E-state index contributed by atoms with van der Waals surface area (Å²) in [4.78, 5) is 37.0. The Bertz CT molecular complexity index is 2930. The van der Waals surface area contributed by atoms with Gasteiger partial charge in [0.1, 0.15) is 36.5 Å². The van der Waals surface area contributed by atoms with Gasteiger partial charge in [0.05, 0.1) is 34.2 Å². The number of nitrogens with one attached hydrogen (secondary N) is 2. The zero-order chi connectivity index (χ0) is 46.2. The van der Waals surface area contributed by atoms with E-state index in [1.807, 2.05) is 18.2 Å². The van der Waals surface area contributed by atoms with Crippen LogP contribution in [0.1, 0.15) is 60.6 Å². The molecule has 2 unspecified atom stereocenters. The quantitative estimate of drug-likeness (QED) is 0.0743. The number of alkyl halides is 1. The molecule has 2 atom stereocenters. The van der Waals surface area contributed by atoms with Crippen LogP contribution in [-0.4, -0.2) is 90.8 Å². The maximum atomic E-state index is 14.0. The predicted molar refractivity (Wildman–Crippen MR) is 249 cm³/mol. The minimum absolute atomic E-state index is 0.0750. The normalized spacial score (nSPS) is 18.8. The number of carbonyl (C=O) groups is 1. The lowest BCUT2D eigenvalue weighted by Gasteiger charge is -2.39. The predicted octanol–water partition coefficient (Wildman–Crippen LogP) is 9.11. The first-order valence-electron chi connectivity index (χ1n) is 21.7. The van der Waals surface area contributed by atoms with Gasteiger partial charge < -0.3 is 28.7 Å². The Morgan fingerprint density at radius 2 is 1.85 bits per heavy atom. The summed E-state index contributed by atoms with van der Waals surface area (Å²) >= 11 is 6.24. The highest BCUT2D eigenvalue weighted by molar-refractivity contribution is 7.90. The number of carbonyl (C=O) groups excluding carboxylic acids is 1. The van der Waals surface area contributed by atoms with Crippen molar-refractivity contribution in [2.75, 3.05) is 50.9 Å². The number of H-pyrrole nitrogens is 1. The average molecular weight is 938 g/mol. The summed E-state index contributed by atoms with van der Waals surface area (Å²) in [6, 6.07) is 21.4. The molecule has 3 aliphatic rings. The molecule has 2 aliphatic heterocycles. The first kappa shape index (κ1) is 44.9. The van der Waals surface area contributed by atoms with E-state index in [-0.39, 0.29) is 35.1 Å². The molecule has 1 aliphatic carbocycles. The van der Waals surface area contributed by atoms with Crippen LogP contribution in [0.3, 0.4) is 0 Å². The molecule has 0 saturated carbocycles. The van der Waals surface area contributed by atoms with E-state index in [1.54, 1.807) is 47.4 Å². The van der Waals surface area contributed by atoms with Crippen LogP contribution in [0.4, 0.5) is 15.8 Å². The number of allylic oxidation sites excluding steroid dienone is 1. The van der Waals surface area contributed by atoms with Crippen LogP contribution >= 0.6 is 11.6 Å². The Morgan fingerprint density at radius 3 is 2.59 bits per heavy atom. The SMILES string of the molecule is CC1(C)CCC(CN2CCN(c3ccc(C(=O)NS(=O)(=O)c4ccc(OCc5ccn(C6COC6CF)c5)c([N+](=O)[O-])c4)c(Oc4cnc5[nH]ccc5c4)c3)CC2)=C(c2ccc(Cl)cc2)C1. The minimum atomic E-state index is -4.65. The molecular weight excluding hydrogens is 889 g/mol. The first-order valence-corrected chi connectivity index (χ1v) is 23.6. The van der Waals surface area contributed by atoms with E-state index in [2.05, 4.69) is 50.5 Å². The zero-order valence-electron chi connectivity index (χ0n) is 36.4. The van der Waals surface area contributed by atoms with Gasteiger partial charge in [0, 0.05) is 85.1 Å². The van der Waals surface area contributed by atoms with Gasteiger partial charge in [-0.1, -0.05) is 43.2 Å². The van der Waals surface area contributed by atoms with Crippen molar-refractivity contribution in [1.82, 2.24) is 24.2 Å². The second-order valence-electron chi connectivity index (χ2n) is 17.7. The number of benzene rings is 3. The van der Waals surface area contributed by atoms with E-state index in [0.29, 0.717) is 36.7 Å². The summed E-state index contributed by atoms with van der Waals surface area (Å²) in [6.45, 7) is 8.19. The summed E-state index contributed by atoms with van der Waals surface area (Å²) in [7, 11) is -4.65. The van der Waals surface area contributed by atoms with Gasteiger partial charge >= 0.3 is 5.69 Å². The van der Waals surface area contributed by atoms with Gasteiger partial charge in [-0.2, -0.15) is 0 Å². The third kappa shape index (κ3) is 9.79. The van der Waals surface area contributed by atoms with Gasteiger partial charge in [-0.05, 0) is 90.4 Å². The third-order valence-electron chi connectivity index (χ3n) is 12.6. The maximum absolute atomic E-state index is 14.0. The van der Waals surface area contributed by atoms with Crippen LogP contribution < -0.4 is 19.1 Å². The molecule has 3 aromatic heterocycles. The van der Waals surface area contributed by atoms with Crippen LogP contribution in [0.2, 0.25) is 5.02 Å². The maximum Gasteiger partial charge on any atom is 0.312 e. The fourth-order valence-corrected chi connectivity index (χ4v) is 9.91. The monoisotopic (exact) mass is 937 g/mol. The molecule has 0 bridgehead atoms. The highest BCUT2D eigenvalue weighted by Crippen LogP contribution is 2.44. The fraction of sp³-hybridized carbons (Fsp3) is 0.333. The van der Waals surface area contributed by atoms with Crippen molar-refractivity contribution < 1.29 is 36.7 Å². The number of anilines is 1. The summed E-state index contributed by atoms with van der Waals surface area (Å²) < 4.78 is 61.8. The number of nitro groups is 1. The van der Waals surface area contributed by atoms with Gasteiger partial charge in [-0.25, -0.2) is 22.5 Å². The highest BCUT2D eigenvalue weighted by atomic mass is 35.5. The molecule has 0 radical (unpaired) electrons. The number of aromatic amines is 1. The van der Waals surface area contributed by atoms with Crippen LogP contribution in [0, 0.1) is 15.5 Å². The standard InChI is InChI=1S/C48H49ClFN7O8S/c1-48(2)14-11-34(40(24-48)32-3-5-35(49)6-4-32)28-54-17-19-55(20-18-54)36-7-9-39(44(22-36)65-37-21-33-12-15-51-46(33)52-26-37)47(58)53-66(61,62)38-8-10-43(41(23-38)57(59)60)63-29-31-13-16-56(27-31)42-30-64-45(42)25-50/h3-10,12-13,15-16,21-23,26-27,42,45H,11,14,17-20,24-25,28-30H2,1-2H3,(H,51,52)(H,53,58). The fourth-order valence-electron chi connectivity index (χ4n) is 8.80. The van der Waals surface area contributed by atoms with Gasteiger partial charge in [-0.3, -0.25) is 19.8 Å². The van der Waals surface area contributed by atoms with E-state index >= 15 is 0 Å². The summed E-state index contributed by atoms with van der Waals surface area (Å²) in [6.07, 6.45) is 9.36. The number of nitro benzene ring substituents is 1. The van der Waals surface area contributed by atoms with Crippen molar-refractivity contribution in [3.63, 3.8) is 0 Å². The summed E-state index contributed by atoms with van der Waals surface area (Å²) in [5.41, 5.74) is 5.67. The molecular formula is C48H49ClFN7O8S. The molecule has 15 nitrogen and oxygen atoms in total. The number of fused-ring (bicyclic) bond motifs is 1. The number of hydrogen-bond acceptors (Lipinski definition) is 11. The van der Waals surface area contributed by atoms with E-state index in [1.165, 1.54) is 35.0 Å². The largest absolute Gasteiger partial charge is 0.482 e. The molecule has 6 aromatic rings. The Kier molecular flexibility index (Phi) is 12.6. The van der Waals surface area contributed by atoms with Crippen molar-refractivity contribution in [1.29, 1.82) is 0 Å². The molecule has 344 valence electrons. The Labute approximate surface area is 386 Å². The van der Waals surface area contributed by atoms with Gasteiger partial charge in [0.25, 0.3) is 15.9 Å². The molecule has 18 heteroatoms. The molecule has 9 rings (SSSR count). The third-order valence-corrected chi connectivity index (χ3v) is 14.2. The number of pyridine rings is 1. The smallest absolute Gasteiger partial charge is 0.312 e. The number of aromatic nitrogens is 3. The Hall–Kier alpha value is -6.27. The Morgan fingerprint density at radius 1 is 1.05 bits per heavy atom. The molecule has 5 heterocycles. The van der Waals surface area contributed by atoms with Crippen molar-refractivity contribution in [2.45, 2.75) is 56.8 Å². The zero-order valence-corrected chi connectivity index (χ0v) is 38.0. The number of rotatable bonds is 15. The van der Waals surface area contributed by atoms with Crippen molar-refractivity contribution in [3.8, 4) is 17.2 Å². The molecule has 0 spiro atoms. The number of hydrogen-bond donors (Lipinski definition) is 2. The van der Waals surface area contributed by atoms with Gasteiger partial charge in [0.2, 0.25) is 0 Å².